The number of nitrogens with one attached hydrogen (secondary N) is 1. The molecule has 0 atom stereocenters. The Hall–Kier alpha value is -2.83. The van der Waals surface area contributed by atoms with Crippen LogP contribution in [0.3, 0.4) is 0 Å². The second kappa shape index (κ2) is 7.83. The molecule has 0 aliphatic heterocycles. The van der Waals surface area contributed by atoms with Gasteiger partial charge in [-0.3, -0.25) is 4.79 Å². The van der Waals surface area contributed by atoms with Gasteiger partial charge < -0.3 is 10.1 Å². The number of ether oxygens (including phenoxy) is 1. The van der Waals surface area contributed by atoms with Crippen molar-refractivity contribution in [1.29, 1.82) is 0 Å². The number of rotatable bonds is 5. The lowest BCUT2D eigenvalue weighted by molar-refractivity contribution is -0.138. The van der Waals surface area contributed by atoms with Crippen molar-refractivity contribution in [2.45, 2.75) is 19.6 Å². The third-order valence-electron chi connectivity index (χ3n) is 3.39. The molecule has 7 heteroatoms. The van der Waals surface area contributed by atoms with E-state index >= 15 is 0 Å². The van der Waals surface area contributed by atoms with Crippen molar-refractivity contribution in [2.24, 2.45) is 0 Å². The van der Waals surface area contributed by atoms with Crippen LogP contribution in [-0.2, 0) is 22.3 Å². The molecular weight excluding hydrogens is 335 g/mol. The average molecular weight is 351 g/mol. The third-order valence-corrected chi connectivity index (χ3v) is 3.39. The number of hydrogen-bond acceptors (Lipinski definition) is 3. The van der Waals surface area contributed by atoms with E-state index in [9.17, 15) is 22.8 Å². The van der Waals surface area contributed by atoms with Gasteiger partial charge in [0.1, 0.15) is 0 Å². The van der Waals surface area contributed by atoms with Crippen LogP contribution >= 0.6 is 0 Å². The van der Waals surface area contributed by atoms with Gasteiger partial charge in [-0.25, -0.2) is 4.79 Å². The zero-order valence-corrected chi connectivity index (χ0v) is 13.4. The van der Waals surface area contributed by atoms with Gasteiger partial charge in [-0.15, -0.1) is 0 Å². The van der Waals surface area contributed by atoms with E-state index in [4.69, 9.17) is 4.74 Å². The molecule has 0 bridgehead atoms. The summed E-state index contributed by atoms with van der Waals surface area (Å²) in [5, 5.41) is 2.31. The molecule has 2 aromatic carbocycles. The van der Waals surface area contributed by atoms with Crippen LogP contribution in [0.5, 0.6) is 0 Å². The molecule has 132 valence electrons. The fourth-order valence-electron chi connectivity index (χ4n) is 2.18. The maximum atomic E-state index is 12.9. The fourth-order valence-corrected chi connectivity index (χ4v) is 2.18. The number of halogens is 3. The van der Waals surface area contributed by atoms with Crippen LogP contribution in [0.15, 0.2) is 48.5 Å². The van der Waals surface area contributed by atoms with Crippen molar-refractivity contribution < 1.29 is 27.5 Å². The summed E-state index contributed by atoms with van der Waals surface area (Å²) in [6.45, 7) is 0.930. The van der Waals surface area contributed by atoms with Crippen molar-refractivity contribution >= 4 is 11.9 Å². The van der Waals surface area contributed by atoms with Crippen molar-refractivity contribution in [3.8, 4) is 0 Å². The monoisotopic (exact) mass is 351 g/mol. The summed E-state index contributed by atoms with van der Waals surface area (Å²) >= 11 is 0. The molecule has 2 aromatic rings. The molecule has 0 aliphatic carbocycles. The summed E-state index contributed by atoms with van der Waals surface area (Å²) < 4.78 is 43.5. The minimum absolute atomic E-state index is 0.0617. The SMILES string of the molecule is Cc1cccc(C(=O)OCC(=O)NCc2ccccc2C(F)(F)F)c1. The quantitative estimate of drug-likeness (QED) is 0.839. The van der Waals surface area contributed by atoms with Crippen LogP contribution < -0.4 is 5.32 Å². The van der Waals surface area contributed by atoms with Gasteiger partial charge in [0.15, 0.2) is 6.61 Å². The molecule has 0 aromatic heterocycles. The Balaban J connectivity index is 1.89. The number of alkyl halides is 3. The second-order valence-corrected chi connectivity index (χ2v) is 5.38. The van der Waals surface area contributed by atoms with Gasteiger partial charge in [0.05, 0.1) is 11.1 Å². The van der Waals surface area contributed by atoms with Gasteiger partial charge >= 0.3 is 12.1 Å². The molecule has 25 heavy (non-hydrogen) atoms. The van der Waals surface area contributed by atoms with E-state index in [-0.39, 0.29) is 12.1 Å². The predicted molar refractivity (Wildman–Crippen MR) is 84.8 cm³/mol. The van der Waals surface area contributed by atoms with Gasteiger partial charge in [0.2, 0.25) is 0 Å². The summed E-state index contributed by atoms with van der Waals surface area (Å²) in [6.07, 6.45) is -4.50. The van der Waals surface area contributed by atoms with E-state index in [1.807, 2.05) is 13.0 Å². The number of carbonyl (C=O) groups excluding carboxylic acids is 2. The van der Waals surface area contributed by atoms with E-state index in [0.29, 0.717) is 5.56 Å². The molecule has 0 unspecified atom stereocenters. The number of aryl methyl sites for hydroxylation is 1. The number of esters is 1. The Morgan fingerprint density at radius 1 is 1.08 bits per heavy atom. The Morgan fingerprint density at radius 3 is 2.48 bits per heavy atom. The van der Waals surface area contributed by atoms with Crippen molar-refractivity contribution in [2.75, 3.05) is 6.61 Å². The summed E-state index contributed by atoms with van der Waals surface area (Å²) in [5.41, 5.74) is 0.290. The highest BCUT2D eigenvalue weighted by molar-refractivity contribution is 5.91. The molecule has 0 spiro atoms. The summed E-state index contributed by atoms with van der Waals surface area (Å²) in [6, 6.07) is 11.6. The molecule has 4 nitrogen and oxygen atoms in total. The molecule has 0 saturated carbocycles. The van der Waals surface area contributed by atoms with Crippen molar-refractivity contribution in [3.63, 3.8) is 0 Å². The number of amides is 1. The third kappa shape index (κ3) is 5.34. The van der Waals surface area contributed by atoms with Crippen molar-refractivity contribution in [1.82, 2.24) is 5.32 Å². The second-order valence-electron chi connectivity index (χ2n) is 5.38. The average Bonchev–Trinajstić information content (AvgIpc) is 2.57. The maximum Gasteiger partial charge on any atom is 0.416 e. The first-order valence-electron chi connectivity index (χ1n) is 7.43. The normalized spacial score (nSPS) is 11.0. The maximum absolute atomic E-state index is 12.9. The molecule has 1 amide bonds. The summed E-state index contributed by atoms with van der Waals surface area (Å²) in [4.78, 5) is 23.5. The van der Waals surface area contributed by atoms with E-state index in [1.165, 1.54) is 18.2 Å². The zero-order chi connectivity index (χ0) is 18.4. The minimum Gasteiger partial charge on any atom is -0.452 e. The molecule has 2 rings (SSSR count). The summed E-state index contributed by atoms with van der Waals surface area (Å²) in [5.74, 6) is -1.35. The largest absolute Gasteiger partial charge is 0.452 e. The van der Waals surface area contributed by atoms with Gasteiger partial charge in [0, 0.05) is 6.54 Å². The van der Waals surface area contributed by atoms with Crippen molar-refractivity contribution in [3.05, 3.63) is 70.8 Å². The van der Waals surface area contributed by atoms with E-state index < -0.39 is 30.2 Å². The fraction of sp³-hybridized carbons (Fsp3) is 0.222. The number of hydrogen-bond donors (Lipinski definition) is 1. The Morgan fingerprint density at radius 2 is 1.80 bits per heavy atom. The van der Waals surface area contributed by atoms with E-state index in [2.05, 4.69) is 5.32 Å². The zero-order valence-electron chi connectivity index (χ0n) is 13.4. The van der Waals surface area contributed by atoms with Gasteiger partial charge in [-0.1, -0.05) is 35.9 Å². The molecule has 0 saturated heterocycles. The lowest BCUT2D eigenvalue weighted by Crippen LogP contribution is -2.29. The topological polar surface area (TPSA) is 55.4 Å². The lowest BCUT2D eigenvalue weighted by atomic mass is 10.1. The number of carbonyl (C=O) groups is 2. The molecule has 0 aliphatic rings. The van der Waals surface area contributed by atoms with Crippen LogP contribution in [-0.4, -0.2) is 18.5 Å². The van der Waals surface area contributed by atoms with E-state index in [1.54, 1.807) is 18.2 Å². The van der Waals surface area contributed by atoms with Crippen LogP contribution in [0.4, 0.5) is 13.2 Å². The first-order chi connectivity index (χ1) is 11.8. The van der Waals surface area contributed by atoms with Gasteiger partial charge in [-0.2, -0.15) is 13.2 Å². The Bertz CT molecular complexity index is 772. The molecule has 0 fully saturated rings. The van der Waals surface area contributed by atoms with Gasteiger partial charge in [-0.05, 0) is 30.7 Å². The molecule has 1 N–H and O–H groups in total. The first kappa shape index (κ1) is 18.5. The highest BCUT2D eigenvalue weighted by atomic mass is 19.4. The summed E-state index contributed by atoms with van der Waals surface area (Å²) in [7, 11) is 0. The van der Waals surface area contributed by atoms with Gasteiger partial charge in [0.25, 0.3) is 5.91 Å². The van der Waals surface area contributed by atoms with Crippen LogP contribution in [0.25, 0.3) is 0 Å². The standard InChI is InChI=1S/C18H16F3NO3/c1-12-5-4-7-13(9-12)17(24)25-11-16(23)22-10-14-6-2-3-8-15(14)18(19,20)21/h2-9H,10-11H2,1H3,(H,22,23). The van der Waals surface area contributed by atoms with Crippen LogP contribution in [0.1, 0.15) is 27.0 Å². The molecule has 0 radical (unpaired) electrons. The highest BCUT2D eigenvalue weighted by Crippen LogP contribution is 2.31. The molecular formula is C18H16F3NO3. The van der Waals surface area contributed by atoms with E-state index in [0.717, 1.165) is 11.6 Å². The van der Waals surface area contributed by atoms with Crippen LogP contribution in [0, 0.1) is 6.92 Å². The lowest BCUT2D eigenvalue weighted by Gasteiger charge is -2.13. The molecule has 0 heterocycles. The minimum atomic E-state index is -4.50. The Kier molecular flexibility index (Phi) is 5.80. The predicted octanol–water partition coefficient (Wildman–Crippen LogP) is 3.49. The number of benzene rings is 2. The first-order valence-corrected chi connectivity index (χ1v) is 7.43. The van der Waals surface area contributed by atoms with Crippen LogP contribution in [0.2, 0.25) is 0 Å². The smallest absolute Gasteiger partial charge is 0.416 e. The highest BCUT2D eigenvalue weighted by Gasteiger charge is 2.32. The Labute approximate surface area is 142 Å².